The van der Waals surface area contributed by atoms with E-state index in [1.165, 1.54) is 10.6 Å². The Labute approximate surface area is 153 Å². The molecule has 0 saturated carbocycles. The number of halogens is 1. The van der Waals surface area contributed by atoms with Gasteiger partial charge in [-0.15, -0.1) is 0 Å². The fourth-order valence-electron chi connectivity index (χ4n) is 2.39. The number of aromatic nitrogens is 3. The van der Waals surface area contributed by atoms with Crippen molar-refractivity contribution in [3.05, 3.63) is 56.5 Å². The van der Waals surface area contributed by atoms with Gasteiger partial charge < -0.3 is 9.72 Å². The molecule has 0 aliphatic carbocycles. The van der Waals surface area contributed by atoms with Crippen LogP contribution in [0.25, 0.3) is 16.8 Å². The van der Waals surface area contributed by atoms with Gasteiger partial charge in [0.1, 0.15) is 5.52 Å². The Balaban J connectivity index is 1.97. The first-order chi connectivity index (χ1) is 12.0. The van der Waals surface area contributed by atoms with Gasteiger partial charge >= 0.3 is 5.97 Å². The molecule has 0 atom stereocenters. The van der Waals surface area contributed by atoms with Crippen molar-refractivity contribution in [2.45, 2.75) is 26.7 Å². The van der Waals surface area contributed by atoms with Crippen LogP contribution in [0, 0.1) is 6.92 Å². The lowest BCUT2D eigenvalue weighted by Crippen LogP contribution is -2.10. The standard InChI is InChI=1S/C18H18BrN3O3/c1-3-4-7-25-18(24)14-9-16-17(23)20-15(10-22(16)21-14)12-6-5-11(2)13(19)8-12/h5-6,8-10H,3-4,7H2,1-2H3,(H,20,23). The van der Waals surface area contributed by atoms with Crippen molar-refractivity contribution in [2.75, 3.05) is 6.61 Å². The molecule has 2 heterocycles. The van der Waals surface area contributed by atoms with Gasteiger partial charge in [-0.25, -0.2) is 9.31 Å². The highest BCUT2D eigenvalue weighted by Gasteiger charge is 2.15. The third-order valence-corrected chi connectivity index (χ3v) is 4.75. The summed E-state index contributed by atoms with van der Waals surface area (Å²) in [5, 5.41) is 4.19. The topological polar surface area (TPSA) is 76.5 Å². The zero-order valence-corrected chi connectivity index (χ0v) is 15.6. The Kier molecular flexibility index (Phi) is 5.03. The van der Waals surface area contributed by atoms with Crippen LogP contribution in [0.2, 0.25) is 0 Å². The van der Waals surface area contributed by atoms with Crippen molar-refractivity contribution in [3.63, 3.8) is 0 Å². The first kappa shape index (κ1) is 17.4. The number of aromatic amines is 1. The Bertz CT molecular complexity index is 991. The molecule has 0 fully saturated rings. The molecule has 0 unspecified atom stereocenters. The number of ether oxygens (including phenoxy) is 1. The van der Waals surface area contributed by atoms with Crippen LogP contribution in [0.4, 0.5) is 0 Å². The molecule has 2 aromatic heterocycles. The maximum absolute atomic E-state index is 12.3. The lowest BCUT2D eigenvalue weighted by molar-refractivity contribution is 0.0492. The van der Waals surface area contributed by atoms with Crippen molar-refractivity contribution in [1.82, 2.24) is 14.6 Å². The average molecular weight is 404 g/mol. The summed E-state index contributed by atoms with van der Waals surface area (Å²) in [5.41, 5.74) is 2.69. The fourth-order valence-corrected chi connectivity index (χ4v) is 2.77. The van der Waals surface area contributed by atoms with E-state index in [-0.39, 0.29) is 11.3 Å². The molecule has 25 heavy (non-hydrogen) atoms. The van der Waals surface area contributed by atoms with Crippen molar-refractivity contribution in [2.24, 2.45) is 0 Å². The SMILES string of the molecule is CCCCOC(=O)c1cc2c(=O)[nH]c(-c3ccc(C)c(Br)c3)cn2n1. The number of fused-ring (bicyclic) bond motifs is 1. The molecule has 1 aromatic carbocycles. The van der Waals surface area contributed by atoms with Gasteiger partial charge in [0.05, 0.1) is 18.5 Å². The number of rotatable bonds is 5. The van der Waals surface area contributed by atoms with Crippen LogP contribution in [0.5, 0.6) is 0 Å². The van der Waals surface area contributed by atoms with Crippen LogP contribution in [-0.4, -0.2) is 27.2 Å². The molecular weight excluding hydrogens is 386 g/mol. The maximum atomic E-state index is 12.3. The zero-order chi connectivity index (χ0) is 18.0. The molecule has 0 aliphatic heterocycles. The van der Waals surface area contributed by atoms with Gasteiger partial charge in [0.15, 0.2) is 5.69 Å². The molecular formula is C18H18BrN3O3. The van der Waals surface area contributed by atoms with Crippen LogP contribution in [0.1, 0.15) is 35.8 Å². The van der Waals surface area contributed by atoms with Crippen molar-refractivity contribution < 1.29 is 9.53 Å². The zero-order valence-electron chi connectivity index (χ0n) is 14.0. The van der Waals surface area contributed by atoms with Crippen molar-refractivity contribution in [3.8, 4) is 11.3 Å². The Morgan fingerprint density at radius 3 is 2.88 bits per heavy atom. The average Bonchev–Trinajstić information content (AvgIpc) is 3.02. The second kappa shape index (κ2) is 7.23. The molecule has 0 saturated heterocycles. The summed E-state index contributed by atoms with van der Waals surface area (Å²) in [7, 11) is 0. The van der Waals surface area contributed by atoms with E-state index in [2.05, 4.69) is 26.0 Å². The number of benzene rings is 1. The molecule has 0 radical (unpaired) electrons. The minimum atomic E-state index is -0.517. The normalized spacial score (nSPS) is 11.0. The number of hydrogen-bond acceptors (Lipinski definition) is 4. The number of esters is 1. The lowest BCUT2D eigenvalue weighted by atomic mass is 10.1. The Hall–Kier alpha value is -2.41. The third-order valence-electron chi connectivity index (χ3n) is 3.89. The molecule has 1 N–H and O–H groups in total. The van der Waals surface area contributed by atoms with Crippen LogP contribution in [0.3, 0.4) is 0 Å². The predicted octanol–water partition coefficient (Wildman–Crippen LogP) is 3.72. The Morgan fingerprint density at radius 2 is 2.16 bits per heavy atom. The van der Waals surface area contributed by atoms with Gasteiger partial charge in [-0.3, -0.25) is 4.79 Å². The largest absolute Gasteiger partial charge is 0.461 e. The molecule has 7 heteroatoms. The van der Waals surface area contributed by atoms with E-state index >= 15 is 0 Å². The molecule has 0 bridgehead atoms. The molecule has 3 rings (SSSR count). The summed E-state index contributed by atoms with van der Waals surface area (Å²) in [6.07, 6.45) is 3.43. The van der Waals surface area contributed by atoms with Crippen LogP contribution < -0.4 is 5.56 Å². The number of carbonyl (C=O) groups is 1. The van der Waals surface area contributed by atoms with Crippen LogP contribution in [-0.2, 0) is 4.74 Å². The first-order valence-electron chi connectivity index (χ1n) is 8.06. The highest BCUT2D eigenvalue weighted by atomic mass is 79.9. The Morgan fingerprint density at radius 1 is 1.36 bits per heavy atom. The summed E-state index contributed by atoms with van der Waals surface area (Å²) in [6, 6.07) is 7.25. The van der Waals surface area contributed by atoms with Crippen LogP contribution in [0.15, 0.2) is 39.7 Å². The highest BCUT2D eigenvalue weighted by Crippen LogP contribution is 2.24. The quantitative estimate of drug-likeness (QED) is 0.520. The number of carbonyl (C=O) groups excluding carboxylic acids is 1. The van der Waals surface area contributed by atoms with E-state index in [1.54, 1.807) is 6.20 Å². The van der Waals surface area contributed by atoms with Gasteiger partial charge in [-0.1, -0.05) is 41.4 Å². The van der Waals surface area contributed by atoms with E-state index in [9.17, 15) is 9.59 Å². The molecule has 0 amide bonds. The third kappa shape index (κ3) is 3.66. The van der Waals surface area contributed by atoms with Gasteiger partial charge in [-0.05, 0) is 25.0 Å². The van der Waals surface area contributed by atoms with Crippen molar-refractivity contribution >= 4 is 27.4 Å². The second-order valence-electron chi connectivity index (χ2n) is 5.81. The summed E-state index contributed by atoms with van der Waals surface area (Å²) in [4.78, 5) is 27.2. The van der Waals surface area contributed by atoms with Gasteiger partial charge in [0, 0.05) is 16.1 Å². The highest BCUT2D eigenvalue weighted by molar-refractivity contribution is 9.10. The smallest absolute Gasteiger partial charge is 0.358 e. The number of nitrogens with zero attached hydrogens (tertiary/aromatic N) is 2. The van der Waals surface area contributed by atoms with Gasteiger partial charge in [0.2, 0.25) is 0 Å². The molecule has 130 valence electrons. The number of H-pyrrole nitrogens is 1. The van der Waals surface area contributed by atoms with Crippen molar-refractivity contribution in [1.29, 1.82) is 0 Å². The van der Waals surface area contributed by atoms with E-state index in [4.69, 9.17) is 4.74 Å². The van der Waals surface area contributed by atoms with Gasteiger partial charge in [-0.2, -0.15) is 5.10 Å². The monoisotopic (exact) mass is 403 g/mol. The molecule has 0 spiro atoms. The molecule has 6 nitrogen and oxygen atoms in total. The predicted molar refractivity (Wildman–Crippen MR) is 98.9 cm³/mol. The molecule has 3 aromatic rings. The second-order valence-corrected chi connectivity index (χ2v) is 6.66. The first-order valence-corrected chi connectivity index (χ1v) is 8.85. The van der Waals surface area contributed by atoms with E-state index in [0.29, 0.717) is 17.8 Å². The number of aryl methyl sites for hydroxylation is 1. The number of hydrogen-bond donors (Lipinski definition) is 1. The summed E-state index contributed by atoms with van der Waals surface area (Å²) in [5.74, 6) is -0.517. The minimum absolute atomic E-state index is 0.129. The molecule has 0 aliphatic rings. The minimum Gasteiger partial charge on any atom is -0.461 e. The summed E-state index contributed by atoms with van der Waals surface area (Å²) < 4.78 is 7.51. The number of unbranched alkanes of at least 4 members (excludes halogenated alkanes) is 1. The lowest BCUT2D eigenvalue weighted by Gasteiger charge is -2.05. The van der Waals surface area contributed by atoms with E-state index < -0.39 is 5.97 Å². The van der Waals surface area contributed by atoms with E-state index in [0.717, 1.165) is 28.4 Å². The summed E-state index contributed by atoms with van der Waals surface area (Å²) in [6.45, 7) is 4.36. The fraction of sp³-hybridized carbons (Fsp3) is 0.278. The van der Waals surface area contributed by atoms with Gasteiger partial charge in [0.25, 0.3) is 5.56 Å². The van der Waals surface area contributed by atoms with Crippen LogP contribution >= 0.6 is 15.9 Å². The van der Waals surface area contributed by atoms with E-state index in [1.807, 2.05) is 32.0 Å². The number of nitrogens with one attached hydrogen (secondary N) is 1. The summed E-state index contributed by atoms with van der Waals surface area (Å²) >= 11 is 3.49. The maximum Gasteiger partial charge on any atom is 0.358 e.